The highest BCUT2D eigenvalue weighted by Crippen LogP contribution is 2.13. The number of hydrogen-bond acceptors (Lipinski definition) is 3. The third kappa shape index (κ3) is 5.11. The van der Waals surface area contributed by atoms with Crippen molar-refractivity contribution in [1.29, 1.82) is 0 Å². The summed E-state index contributed by atoms with van der Waals surface area (Å²) in [7, 11) is 0. The van der Waals surface area contributed by atoms with Crippen LogP contribution in [0.1, 0.15) is 38.1 Å². The second-order valence-electron chi connectivity index (χ2n) is 5.16. The number of amides is 2. The lowest BCUT2D eigenvalue weighted by atomic mass is 10.1. The molecule has 2 amide bonds. The van der Waals surface area contributed by atoms with Crippen LogP contribution in [0.2, 0.25) is 0 Å². The van der Waals surface area contributed by atoms with Gasteiger partial charge in [-0.15, -0.1) is 0 Å². The molecule has 0 atom stereocenters. The molecule has 0 aliphatic carbocycles. The van der Waals surface area contributed by atoms with Gasteiger partial charge >= 0.3 is 0 Å². The lowest BCUT2D eigenvalue weighted by molar-refractivity contribution is -0.122. The molecule has 120 valence electrons. The quantitative estimate of drug-likeness (QED) is 0.819. The maximum absolute atomic E-state index is 12.3. The number of carbonyl (C=O) groups is 2. The molecule has 2 N–H and O–H groups in total. The zero-order valence-electron chi connectivity index (χ0n) is 13.5. The third-order valence-corrected chi connectivity index (χ3v) is 3.38. The molecule has 0 unspecified atom stereocenters. The third-order valence-electron chi connectivity index (χ3n) is 3.18. The Kier molecular flexibility index (Phi) is 6.98. The van der Waals surface area contributed by atoms with E-state index in [0.29, 0.717) is 24.3 Å². The lowest BCUT2D eigenvalue weighted by Crippen LogP contribution is -2.36. The highest BCUT2D eigenvalue weighted by Gasteiger charge is 2.13. The number of nitrogens with zero attached hydrogens (tertiary/aromatic N) is 1. The van der Waals surface area contributed by atoms with Crippen molar-refractivity contribution in [2.24, 2.45) is 5.92 Å². The van der Waals surface area contributed by atoms with Crippen LogP contribution in [0.15, 0.2) is 24.3 Å². The predicted octanol–water partition coefficient (Wildman–Crippen LogP) is 2.64. The van der Waals surface area contributed by atoms with E-state index in [0.717, 1.165) is 0 Å². The molecule has 0 aliphatic rings. The minimum Gasteiger partial charge on any atom is -0.339 e. The maximum atomic E-state index is 12.3. The van der Waals surface area contributed by atoms with Gasteiger partial charge in [-0.05, 0) is 44.3 Å². The number of hydrogen-bond donors (Lipinski definition) is 2. The summed E-state index contributed by atoms with van der Waals surface area (Å²) in [4.78, 5) is 25.6. The molecule has 0 aromatic heterocycles. The van der Waals surface area contributed by atoms with Gasteiger partial charge in [0.2, 0.25) is 5.91 Å². The van der Waals surface area contributed by atoms with Crippen molar-refractivity contribution in [1.82, 2.24) is 10.2 Å². The second kappa shape index (κ2) is 8.48. The first-order valence-corrected chi connectivity index (χ1v) is 7.81. The van der Waals surface area contributed by atoms with E-state index in [1.807, 2.05) is 13.8 Å². The average molecular weight is 321 g/mol. The molecule has 1 aromatic rings. The molecule has 1 rings (SSSR count). The van der Waals surface area contributed by atoms with Gasteiger partial charge in [-0.25, -0.2) is 0 Å². The van der Waals surface area contributed by atoms with Crippen LogP contribution in [0.5, 0.6) is 0 Å². The van der Waals surface area contributed by atoms with Crippen molar-refractivity contribution >= 4 is 34.8 Å². The van der Waals surface area contributed by atoms with Gasteiger partial charge in [0.1, 0.15) is 0 Å². The Bertz CT molecular complexity index is 554. The first kappa shape index (κ1) is 18.1. The molecule has 0 radical (unpaired) electrons. The van der Waals surface area contributed by atoms with Gasteiger partial charge < -0.3 is 15.5 Å². The fourth-order valence-corrected chi connectivity index (χ4v) is 2.06. The molecule has 0 aliphatic heterocycles. The summed E-state index contributed by atoms with van der Waals surface area (Å²) in [5, 5.41) is 5.76. The van der Waals surface area contributed by atoms with E-state index in [2.05, 4.69) is 10.6 Å². The largest absolute Gasteiger partial charge is 0.339 e. The summed E-state index contributed by atoms with van der Waals surface area (Å²) in [6.07, 6.45) is 0. The van der Waals surface area contributed by atoms with Crippen LogP contribution in [0.3, 0.4) is 0 Å². The predicted molar refractivity (Wildman–Crippen MR) is 92.9 cm³/mol. The number of carbonyl (C=O) groups excluding carboxylic acids is 2. The fraction of sp³-hybridized carbons (Fsp3) is 0.438. The number of anilines is 1. The second-order valence-corrected chi connectivity index (χ2v) is 5.56. The highest BCUT2D eigenvalue weighted by atomic mass is 32.1. The number of thiocarbonyl (C=S) groups is 1. The van der Waals surface area contributed by atoms with Gasteiger partial charge in [0.25, 0.3) is 5.91 Å². The Labute approximate surface area is 137 Å². The van der Waals surface area contributed by atoms with Crippen LogP contribution in [0.25, 0.3) is 0 Å². The van der Waals surface area contributed by atoms with E-state index in [4.69, 9.17) is 12.2 Å². The summed E-state index contributed by atoms with van der Waals surface area (Å²) in [5.41, 5.74) is 1.26. The van der Waals surface area contributed by atoms with Crippen LogP contribution < -0.4 is 10.6 Å². The monoisotopic (exact) mass is 321 g/mol. The molecule has 0 saturated heterocycles. The number of nitrogens with one attached hydrogen (secondary N) is 2. The molecule has 0 spiro atoms. The van der Waals surface area contributed by atoms with E-state index in [1.165, 1.54) is 0 Å². The SMILES string of the molecule is CCN(CC)C(=O)c1cccc(NC(=S)NC(=O)C(C)C)c1. The fourth-order valence-electron chi connectivity index (χ4n) is 1.84. The Balaban J connectivity index is 2.78. The van der Waals surface area contributed by atoms with E-state index >= 15 is 0 Å². The molecular formula is C16H23N3O2S. The molecule has 1 aromatic carbocycles. The van der Waals surface area contributed by atoms with Crippen molar-refractivity contribution in [3.8, 4) is 0 Å². The molecular weight excluding hydrogens is 298 g/mol. The summed E-state index contributed by atoms with van der Waals surface area (Å²) >= 11 is 5.10. The summed E-state index contributed by atoms with van der Waals surface area (Å²) in [6.45, 7) is 8.80. The first-order valence-electron chi connectivity index (χ1n) is 7.40. The molecule has 6 heteroatoms. The minimum absolute atomic E-state index is 0.0224. The average Bonchev–Trinajstić information content (AvgIpc) is 2.48. The van der Waals surface area contributed by atoms with Crippen LogP contribution in [-0.4, -0.2) is 34.9 Å². The zero-order valence-corrected chi connectivity index (χ0v) is 14.3. The molecule has 0 saturated carbocycles. The number of rotatable bonds is 5. The summed E-state index contributed by atoms with van der Waals surface area (Å²) < 4.78 is 0. The number of benzene rings is 1. The van der Waals surface area contributed by atoms with E-state index < -0.39 is 0 Å². The van der Waals surface area contributed by atoms with Crippen molar-refractivity contribution < 1.29 is 9.59 Å². The van der Waals surface area contributed by atoms with Crippen LogP contribution in [-0.2, 0) is 4.79 Å². The van der Waals surface area contributed by atoms with Crippen molar-refractivity contribution in [2.45, 2.75) is 27.7 Å². The Hall–Kier alpha value is -1.95. The Morgan fingerprint density at radius 2 is 1.86 bits per heavy atom. The molecule has 0 fully saturated rings. The maximum Gasteiger partial charge on any atom is 0.253 e. The lowest BCUT2D eigenvalue weighted by Gasteiger charge is -2.19. The standard InChI is InChI=1S/C16H23N3O2S/c1-5-19(6-2)15(21)12-8-7-9-13(10-12)17-16(22)18-14(20)11(3)4/h7-11H,5-6H2,1-4H3,(H2,17,18,20,22). The normalized spacial score (nSPS) is 10.2. The van der Waals surface area contributed by atoms with Gasteiger partial charge in [0.05, 0.1) is 0 Å². The highest BCUT2D eigenvalue weighted by molar-refractivity contribution is 7.80. The van der Waals surface area contributed by atoms with Crippen molar-refractivity contribution in [2.75, 3.05) is 18.4 Å². The smallest absolute Gasteiger partial charge is 0.253 e. The zero-order chi connectivity index (χ0) is 16.7. The van der Waals surface area contributed by atoms with Crippen molar-refractivity contribution in [3.63, 3.8) is 0 Å². The van der Waals surface area contributed by atoms with Gasteiger partial charge in [0, 0.05) is 30.3 Å². The van der Waals surface area contributed by atoms with Crippen molar-refractivity contribution in [3.05, 3.63) is 29.8 Å². The van der Waals surface area contributed by atoms with Gasteiger partial charge in [0.15, 0.2) is 5.11 Å². The molecule has 22 heavy (non-hydrogen) atoms. The van der Waals surface area contributed by atoms with E-state index in [9.17, 15) is 9.59 Å². The minimum atomic E-state index is -0.145. The van der Waals surface area contributed by atoms with E-state index in [-0.39, 0.29) is 22.8 Å². The van der Waals surface area contributed by atoms with Gasteiger partial charge in [-0.1, -0.05) is 19.9 Å². The summed E-state index contributed by atoms with van der Waals surface area (Å²) in [6, 6.07) is 7.08. The Morgan fingerprint density at radius 3 is 2.41 bits per heavy atom. The summed E-state index contributed by atoms with van der Waals surface area (Å²) in [5.74, 6) is -0.311. The van der Waals surface area contributed by atoms with Gasteiger partial charge in [-0.3, -0.25) is 9.59 Å². The van der Waals surface area contributed by atoms with Crippen LogP contribution in [0.4, 0.5) is 5.69 Å². The van der Waals surface area contributed by atoms with Crippen LogP contribution >= 0.6 is 12.2 Å². The first-order chi connectivity index (χ1) is 10.4. The van der Waals surface area contributed by atoms with Crippen LogP contribution in [0, 0.1) is 5.92 Å². The van der Waals surface area contributed by atoms with Gasteiger partial charge in [-0.2, -0.15) is 0 Å². The molecule has 0 bridgehead atoms. The topological polar surface area (TPSA) is 61.4 Å². The molecule has 0 heterocycles. The Morgan fingerprint density at radius 1 is 1.23 bits per heavy atom. The molecule has 5 nitrogen and oxygen atoms in total. The van der Waals surface area contributed by atoms with E-state index in [1.54, 1.807) is 43.0 Å².